The van der Waals surface area contributed by atoms with Gasteiger partial charge in [-0.3, -0.25) is 19.2 Å². The molecule has 2 fully saturated rings. The van der Waals surface area contributed by atoms with Crippen molar-refractivity contribution < 1.29 is 24.3 Å². The Morgan fingerprint density at radius 3 is 2.68 bits per heavy atom. The molecule has 1 aliphatic carbocycles. The molecule has 200 valence electrons. The molecule has 1 saturated carbocycles. The Kier molecular flexibility index (Phi) is 8.79. The summed E-state index contributed by atoms with van der Waals surface area (Å²) in [6, 6.07) is 8.82. The van der Waals surface area contributed by atoms with Gasteiger partial charge in [0.05, 0.1) is 24.1 Å². The number of aliphatic hydroxyl groups is 1. The molecule has 37 heavy (non-hydrogen) atoms. The van der Waals surface area contributed by atoms with Crippen molar-refractivity contribution in [1.82, 2.24) is 15.5 Å². The third-order valence-electron chi connectivity index (χ3n) is 8.05. The number of nitrogens with zero attached hydrogens (tertiary/aromatic N) is 1. The molecule has 0 unspecified atom stereocenters. The summed E-state index contributed by atoms with van der Waals surface area (Å²) in [5.41, 5.74) is 0.0502. The van der Waals surface area contributed by atoms with Crippen LogP contribution >= 0.6 is 0 Å². The van der Waals surface area contributed by atoms with E-state index in [1.54, 1.807) is 0 Å². The number of rotatable bonds is 5. The largest absolute Gasteiger partial charge is 0.391 e. The number of ketones is 1. The molecule has 1 saturated heterocycles. The summed E-state index contributed by atoms with van der Waals surface area (Å²) in [6.45, 7) is 2.25. The quantitative estimate of drug-likeness (QED) is 0.528. The molecule has 1 aromatic rings. The van der Waals surface area contributed by atoms with Gasteiger partial charge in [-0.2, -0.15) is 0 Å². The summed E-state index contributed by atoms with van der Waals surface area (Å²) >= 11 is 0. The lowest BCUT2D eigenvalue weighted by Crippen LogP contribution is -2.46. The van der Waals surface area contributed by atoms with Crippen molar-refractivity contribution in [2.75, 3.05) is 13.1 Å². The van der Waals surface area contributed by atoms with E-state index in [-0.39, 0.29) is 61.3 Å². The van der Waals surface area contributed by atoms with Gasteiger partial charge < -0.3 is 20.6 Å². The number of benzene rings is 1. The maximum Gasteiger partial charge on any atom is 0.239 e. The van der Waals surface area contributed by atoms with Crippen LogP contribution in [0.1, 0.15) is 63.9 Å². The van der Waals surface area contributed by atoms with Gasteiger partial charge in [0.15, 0.2) is 5.78 Å². The molecule has 3 N–H and O–H groups in total. The van der Waals surface area contributed by atoms with Gasteiger partial charge in [0.1, 0.15) is 0 Å². The lowest BCUT2D eigenvalue weighted by atomic mass is 9.90. The third kappa shape index (κ3) is 6.66. The van der Waals surface area contributed by atoms with Gasteiger partial charge in [0, 0.05) is 31.8 Å². The van der Waals surface area contributed by atoms with Crippen LogP contribution in [0.3, 0.4) is 0 Å². The van der Waals surface area contributed by atoms with Crippen LogP contribution in [0.25, 0.3) is 0 Å². The van der Waals surface area contributed by atoms with Crippen LogP contribution < -0.4 is 10.6 Å². The Labute approximate surface area is 218 Å². The highest BCUT2D eigenvalue weighted by Crippen LogP contribution is 2.57. The van der Waals surface area contributed by atoms with Gasteiger partial charge in [-0.05, 0) is 37.2 Å². The number of Topliss-reactive ketones (excluding diaryl/α,β-unsaturated/α-hetero) is 1. The Bertz CT molecular complexity index is 1030. The zero-order chi connectivity index (χ0) is 26.4. The molecular formula is C29H39N3O5. The van der Waals surface area contributed by atoms with E-state index in [1.165, 1.54) is 4.90 Å². The van der Waals surface area contributed by atoms with Crippen molar-refractivity contribution in [3.05, 3.63) is 48.0 Å². The predicted molar refractivity (Wildman–Crippen MR) is 139 cm³/mol. The van der Waals surface area contributed by atoms with Crippen molar-refractivity contribution >= 4 is 23.5 Å². The second-order valence-electron chi connectivity index (χ2n) is 10.9. The molecule has 0 radical (unpaired) electrons. The van der Waals surface area contributed by atoms with Crippen molar-refractivity contribution in [2.24, 2.45) is 17.3 Å². The van der Waals surface area contributed by atoms with Crippen LogP contribution in [0.4, 0.5) is 0 Å². The Morgan fingerprint density at radius 2 is 1.89 bits per heavy atom. The monoisotopic (exact) mass is 509 g/mol. The number of allylic oxidation sites excluding steroid dienone is 2. The summed E-state index contributed by atoms with van der Waals surface area (Å²) in [6.07, 6.45) is 8.75. The fourth-order valence-electron chi connectivity index (χ4n) is 5.67. The third-order valence-corrected chi connectivity index (χ3v) is 8.05. The van der Waals surface area contributed by atoms with Crippen LogP contribution in [0.2, 0.25) is 0 Å². The smallest absolute Gasteiger partial charge is 0.239 e. The van der Waals surface area contributed by atoms with Crippen molar-refractivity contribution in [2.45, 2.75) is 77.0 Å². The SMILES string of the molecule is C[C@H]1CCCCC/C=C\[C@H]2C[C@@]2(C(=O)NCC(=O)NCc2ccccc2)CC(=O)[C@@H]2C[C@@H](O)CN2C1=O. The zero-order valence-electron chi connectivity index (χ0n) is 21.7. The predicted octanol–water partition coefficient (Wildman–Crippen LogP) is 2.50. The molecular weight excluding hydrogens is 470 g/mol. The lowest BCUT2D eigenvalue weighted by Gasteiger charge is -2.27. The number of amides is 3. The highest BCUT2D eigenvalue weighted by molar-refractivity contribution is 5.97. The normalized spacial score (nSPS) is 31.4. The van der Waals surface area contributed by atoms with E-state index in [1.807, 2.05) is 43.3 Å². The molecule has 2 heterocycles. The fourth-order valence-corrected chi connectivity index (χ4v) is 5.67. The standard InChI is InChI=1S/C29H39N3O5/c1-20-10-6-3-2-4-9-13-22-15-29(22,16-25(34)24-14-23(33)19-32(24)27(20)36)28(37)31-18-26(35)30-17-21-11-7-5-8-12-21/h5,7-9,11-13,20,22-24,33H,2-4,6,10,14-19H2,1H3,(H,30,35)(H,31,37)/b13-9-/t20-,22-,23+,24-,29+/m0/s1. The van der Waals surface area contributed by atoms with Gasteiger partial charge in [-0.1, -0.05) is 62.2 Å². The van der Waals surface area contributed by atoms with Gasteiger partial charge >= 0.3 is 0 Å². The highest BCUT2D eigenvalue weighted by Gasteiger charge is 2.60. The number of fused-ring (bicyclic) bond motifs is 2. The topological polar surface area (TPSA) is 116 Å². The van der Waals surface area contributed by atoms with Crippen molar-refractivity contribution in [1.29, 1.82) is 0 Å². The molecule has 3 aliphatic rings. The van der Waals surface area contributed by atoms with Crippen LogP contribution in [-0.4, -0.2) is 58.7 Å². The summed E-state index contributed by atoms with van der Waals surface area (Å²) < 4.78 is 0. The molecule has 4 rings (SSSR count). The number of hydrogen-bond acceptors (Lipinski definition) is 5. The van der Waals surface area contributed by atoms with Crippen LogP contribution in [0.15, 0.2) is 42.5 Å². The van der Waals surface area contributed by atoms with E-state index in [9.17, 15) is 24.3 Å². The van der Waals surface area contributed by atoms with E-state index in [0.717, 1.165) is 37.7 Å². The van der Waals surface area contributed by atoms with Crippen LogP contribution in [0.5, 0.6) is 0 Å². The summed E-state index contributed by atoms with van der Waals surface area (Å²) in [4.78, 5) is 53.9. The minimum atomic E-state index is -0.915. The van der Waals surface area contributed by atoms with Gasteiger partial charge in [-0.25, -0.2) is 0 Å². The molecule has 0 aromatic heterocycles. The van der Waals surface area contributed by atoms with E-state index < -0.39 is 17.6 Å². The molecule has 1 aromatic carbocycles. The average Bonchev–Trinajstić information content (AvgIpc) is 3.44. The molecule has 5 atom stereocenters. The average molecular weight is 510 g/mol. The number of nitrogens with one attached hydrogen (secondary N) is 2. The van der Waals surface area contributed by atoms with E-state index >= 15 is 0 Å². The second-order valence-corrected chi connectivity index (χ2v) is 10.9. The zero-order valence-corrected chi connectivity index (χ0v) is 21.7. The Hall–Kier alpha value is -3.00. The van der Waals surface area contributed by atoms with Crippen LogP contribution in [-0.2, 0) is 25.7 Å². The number of carbonyl (C=O) groups is 4. The van der Waals surface area contributed by atoms with E-state index in [0.29, 0.717) is 13.0 Å². The maximum atomic E-state index is 13.5. The van der Waals surface area contributed by atoms with Gasteiger partial charge in [-0.15, -0.1) is 0 Å². The highest BCUT2D eigenvalue weighted by atomic mass is 16.3. The van der Waals surface area contributed by atoms with Gasteiger partial charge in [0.2, 0.25) is 17.7 Å². The second kappa shape index (κ2) is 12.0. The minimum Gasteiger partial charge on any atom is -0.391 e. The number of carbonyl (C=O) groups excluding carboxylic acids is 4. The number of aliphatic hydroxyl groups excluding tert-OH is 1. The molecule has 3 amide bonds. The van der Waals surface area contributed by atoms with Gasteiger partial charge in [0.25, 0.3) is 0 Å². The van der Waals surface area contributed by atoms with E-state index in [2.05, 4.69) is 16.7 Å². The van der Waals surface area contributed by atoms with Crippen molar-refractivity contribution in [3.63, 3.8) is 0 Å². The molecule has 0 bridgehead atoms. The first-order valence-electron chi connectivity index (χ1n) is 13.6. The molecule has 8 heteroatoms. The summed E-state index contributed by atoms with van der Waals surface area (Å²) in [7, 11) is 0. The summed E-state index contributed by atoms with van der Waals surface area (Å²) in [5, 5.41) is 15.8. The van der Waals surface area contributed by atoms with Crippen LogP contribution in [0, 0.1) is 17.3 Å². The lowest BCUT2D eigenvalue weighted by molar-refractivity contribution is -0.142. The first-order chi connectivity index (χ1) is 17.8. The first kappa shape index (κ1) is 27.0. The molecule has 2 aliphatic heterocycles. The number of hydrogen-bond donors (Lipinski definition) is 3. The summed E-state index contributed by atoms with van der Waals surface area (Å²) in [5.74, 6) is -1.17. The molecule has 0 spiro atoms. The Morgan fingerprint density at radius 1 is 1.11 bits per heavy atom. The maximum absolute atomic E-state index is 13.5. The Balaban J connectivity index is 1.43. The van der Waals surface area contributed by atoms with Crippen molar-refractivity contribution in [3.8, 4) is 0 Å². The fraction of sp³-hybridized carbons (Fsp3) is 0.586. The molecule has 8 nitrogen and oxygen atoms in total. The minimum absolute atomic E-state index is 0.00494. The first-order valence-corrected chi connectivity index (χ1v) is 13.6. The van der Waals surface area contributed by atoms with E-state index in [4.69, 9.17) is 0 Å².